The highest BCUT2D eigenvalue weighted by molar-refractivity contribution is 6.31. The minimum atomic E-state index is -2.66. The van der Waals surface area contributed by atoms with Crippen LogP contribution in [0.3, 0.4) is 0 Å². The second-order valence-corrected chi connectivity index (χ2v) is 10.4. The lowest BCUT2D eigenvalue weighted by Crippen LogP contribution is -2.22. The Labute approximate surface area is 173 Å². The number of alkyl halides is 2. The standard InChI is InChI=1S/C23H34ClF2NO/c1-14(15(2)17-12-27-28-13-17)7-6-8-16-9-10-18(19(24)11-16)20-21(22(3,4)5)23(20,25)26/h9-11,14-15,17,20-21,27H,6-8,12-13H2,1-5H3/t14-,15+,17?,20?,21?/m0/s1. The highest BCUT2D eigenvalue weighted by atomic mass is 35.5. The first-order valence-corrected chi connectivity index (χ1v) is 10.9. The summed E-state index contributed by atoms with van der Waals surface area (Å²) < 4.78 is 28.7. The molecule has 1 saturated heterocycles. The van der Waals surface area contributed by atoms with Gasteiger partial charge in [0.2, 0.25) is 0 Å². The fraction of sp³-hybridized carbons (Fsp3) is 0.739. The summed E-state index contributed by atoms with van der Waals surface area (Å²) in [5.74, 6) is -2.22. The first-order chi connectivity index (χ1) is 13.0. The Morgan fingerprint density at radius 3 is 2.54 bits per heavy atom. The van der Waals surface area contributed by atoms with Crippen molar-refractivity contribution < 1.29 is 13.6 Å². The molecule has 3 rings (SSSR count). The van der Waals surface area contributed by atoms with Crippen LogP contribution in [0.1, 0.15) is 64.5 Å². The topological polar surface area (TPSA) is 21.3 Å². The molecule has 3 unspecified atom stereocenters. The summed E-state index contributed by atoms with van der Waals surface area (Å²) in [7, 11) is 0. The Morgan fingerprint density at radius 1 is 1.29 bits per heavy atom. The molecular weight excluding hydrogens is 380 g/mol. The van der Waals surface area contributed by atoms with Crippen LogP contribution in [0.15, 0.2) is 18.2 Å². The molecule has 1 heterocycles. The van der Waals surface area contributed by atoms with E-state index in [1.165, 1.54) is 0 Å². The van der Waals surface area contributed by atoms with Gasteiger partial charge in [-0.2, -0.15) is 0 Å². The average Bonchev–Trinajstić information content (AvgIpc) is 2.97. The maximum atomic E-state index is 14.3. The van der Waals surface area contributed by atoms with Gasteiger partial charge in [-0.15, -0.1) is 0 Å². The van der Waals surface area contributed by atoms with Crippen molar-refractivity contribution in [2.24, 2.45) is 29.1 Å². The highest BCUT2D eigenvalue weighted by Crippen LogP contribution is 2.68. The van der Waals surface area contributed by atoms with E-state index in [2.05, 4.69) is 19.3 Å². The van der Waals surface area contributed by atoms with Gasteiger partial charge in [0.05, 0.1) is 12.5 Å². The third-order valence-corrected chi connectivity index (χ3v) is 7.22. The van der Waals surface area contributed by atoms with Gasteiger partial charge in [-0.1, -0.05) is 64.8 Å². The summed E-state index contributed by atoms with van der Waals surface area (Å²) in [6, 6.07) is 5.71. The van der Waals surface area contributed by atoms with Crippen LogP contribution in [0.4, 0.5) is 8.78 Å². The van der Waals surface area contributed by atoms with Crippen molar-refractivity contribution in [1.29, 1.82) is 0 Å². The highest BCUT2D eigenvalue weighted by Gasteiger charge is 2.72. The second kappa shape index (κ2) is 8.20. The molecule has 0 radical (unpaired) electrons. The van der Waals surface area contributed by atoms with Crippen LogP contribution in [0, 0.1) is 29.1 Å². The van der Waals surface area contributed by atoms with Crippen molar-refractivity contribution in [2.75, 3.05) is 13.2 Å². The van der Waals surface area contributed by atoms with Gasteiger partial charge in [-0.3, -0.25) is 0 Å². The molecule has 0 aromatic heterocycles. The van der Waals surface area contributed by atoms with Crippen molar-refractivity contribution >= 4 is 11.6 Å². The number of aryl methyl sites for hydroxylation is 1. The number of halogens is 3. The van der Waals surface area contributed by atoms with Gasteiger partial charge in [-0.05, 0) is 47.3 Å². The SMILES string of the molecule is C[C@@H](CCCc1ccc(C2C(C(C)(C)C)C2(F)F)c(Cl)c1)[C@@H](C)C1CNOC1. The minimum absolute atomic E-state index is 0.428. The Morgan fingerprint density at radius 2 is 2.00 bits per heavy atom. The second-order valence-electron chi connectivity index (χ2n) is 10.00. The molecule has 2 nitrogen and oxygen atoms in total. The fourth-order valence-electron chi connectivity index (χ4n) is 4.85. The maximum absolute atomic E-state index is 14.3. The summed E-state index contributed by atoms with van der Waals surface area (Å²) in [6.45, 7) is 12.0. The minimum Gasteiger partial charge on any atom is -0.301 e. The molecule has 1 N–H and O–H groups in total. The number of hydrogen-bond donors (Lipinski definition) is 1. The lowest BCUT2D eigenvalue weighted by Gasteiger charge is -2.24. The molecule has 0 spiro atoms. The van der Waals surface area contributed by atoms with Gasteiger partial charge in [0, 0.05) is 23.4 Å². The van der Waals surface area contributed by atoms with Crippen LogP contribution in [0.5, 0.6) is 0 Å². The molecule has 2 fully saturated rings. The van der Waals surface area contributed by atoms with E-state index in [1.54, 1.807) is 0 Å². The fourth-order valence-corrected chi connectivity index (χ4v) is 5.17. The number of rotatable bonds is 7. The zero-order valence-electron chi connectivity index (χ0n) is 17.7. The van der Waals surface area contributed by atoms with Gasteiger partial charge in [0.15, 0.2) is 0 Å². The third-order valence-electron chi connectivity index (χ3n) is 6.90. The van der Waals surface area contributed by atoms with Crippen LogP contribution < -0.4 is 5.48 Å². The molecule has 0 bridgehead atoms. The molecule has 0 amide bonds. The predicted octanol–water partition coefficient (Wildman–Crippen LogP) is 6.48. The monoisotopic (exact) mass is 413 g/mol. The smallest absolute Gasteiger partial charge is 0.259 e. The Hall–Kier alpha value is -0.710. The summed E-state index contributed by atoms with van der Waals surface area (Å²) in [6.07, 6.45) is 3.15. The Bertz CT molecular complexity index is 682. The molecule has 1 aromatic carbocycles. The van der Waals surface area contributed by atoms with Gasteiger partial charge in [-0.25, -0.2) is 14.3 Å². The lowest BCUT2D eigenvalue weighted by molar-refractivity contribution is 0.0682. The number of benzene rings is 1. The molecule has 2 aliphatic rings. The van der Waals surface area contributed by atoms with Crippen molar-refractivity contribution in [1.82, 2.24) is 5.48 Å². The van der Waals surface area contributed by atoms with E-state index in [4.69, 9.17) is 16.4 Å². The van der Waals surface area contributed by atoms with Crippen LogP contribution in [-0.2, 0) is 11.3 Å². The van der Waals surface area contributed by atoms with Crippen molar-refractivity contribution in [3.8, 4) is 0 Å². The molecular formula is C23H34ClF2NO. The Balaban J connectivity index is 1.55. The van der Waals surface area contributed by atoms with Crippen LogP contribution in [-0.4, -0.2) is 19.1 Å². The zero-order chi connectivity index (χ0) is 20.7. The zero-order valence-corrected chi connectivity index (χ0v) is 18.5. The van der Waals surface area contributed by atoms with Crippen molar-refractivity contribution in [2.45, 2.75) is 65.7 Å². The quantitative estimate of drug-likeness (QED) is 0.552. The number of hydrogen-bond acceptors (Lipinski definition) is 2. The van der Waals surface area contributed by atoms with Crippen molar-refractivity contribution in [3.05, 3.63) is 34.3 Å². The summed E-state index contributed by atoms with van der Waals surface area (Å²) in [5.41, 5.74) is 4.28. The summed E-state index contributed by atoms with van der Waals surface area (Å²) >= 11 is 6.43. The molecule has 1 saturated carbocycles. The molecule has 28 heavy (non-hydrogen) atoms. The molecule has 1 aromatic rings. The summed E-state index contributed by atoms with van der Waals surface area (Å²) in [5, 5.41) is 0.490. The van der Waals surface area contributed by atoms with E-state index in [9.17, 15) is 8.78 Å². The first kappa shape index (κ1) is 22.0. The van der Waals surface area contributed by atoms with Gasteiger partial charge in [0.1, 0.15) is 0 Å². The van der Waals surface area contributed by atoms with E-state index in [0.29, 0.717) is 28.3 Å². The average molecular weight is 414 g/mol. The van der Waals surface area contributed by atoms with Crippen LogP contribution in [0.25, 0.3) is 0 Å². The van der Waals surface area contributed by atoms with Gasteiger partial charge >= 0.3 is 0 Å². The Kier molecular flexibility index (Phi) is 6.44. The molecule has 1 aliphatic heterocycles. The molecule has 158 valence electrons. The van der Waals surface area contributed by atoms with E-state index < -0.39 is 23.2 Å². The lowest BCUT2D eigenvalue weighted by atomic mass is 9.82. The van der Waals surface area contributed by atoms with E-state index in [0.717, 1.165) is 38.0 Å². The molecule has 5 atom stereocenters. The predicted molar refractivity (Wildman–Crippen MR) is 111 cm³/mol. The molecule has 5 heteroatoms. The number of hydroxylamine groups is 1. The number of nitrogens with one attached hydrogen (secondary N) is 1. The van der Waals surface area contributed by atoms with Crippen LogP contribution >= 0.6 is 11.6 Å². The van der Waals surface area contributed by atoms with E-state index >= 15 is 0 Å². The van der Waals surface area contributed by atoms with E-state index in [-0.39, 0.29) is 0 Å². The van der Waals surface area contributed by atoms with E-state index in [1.807, 2.05) is 39.0 Å². The largest absolute Gasteiger partial charge is 0.301 e. The van der Waals surface area contributed by atoms with Gasteiger partial charge in [0.25, 0.3) is 5.92 Å². The maximum Gasteiger partial charge on any atom is 0.259 e. The van der Waals surface area contributed by atoms with Gasteiger partial charge < -0.3 is 4.84 Å². The third kappa shape index (κ3) is 4.55. The summed E-state index contributed by atoms with van der Waals surface area (Å²) in [4.78, 5) is 5.28. The first-order valence-electron chi connectivity index (χ1n) is 10.5. The van der Waals surface area contributed by atoms with Crippen molar-refractivity contribution in [3.63, 3.8) is 0 Å². The normalized spacial score (nSPS) is 28.9. The van der Waals surface area contributed by atoms with Crippen LogP contribution in [0.2, 0.25) is 5.02 Å². The molecule has 1 aliphatic carbocycles.